The first-order valence-corrected chi connectivity index (χ1v) is 8.16. The summed E-state index contributed by atoms with van der Waals surface area (Å²) in [6, 6.07) is -0.273. The standard InChI is InChI=1S/C16H27N3O3/c1-11(15-12(2)19-22-13(15)3)18-16(20)17-9-6-8-14-7-4-5-10-21-14/h11,14H,4-10H2,1-3H3,(H2,17,18,20)/t11-,14+/m1/s1. The minimum atomic E-state index is -0.155. The zero-order valence-corrected chi connectivity index (χ0v) is 13.8. The second kappa shape index (κ2) is 8.17. The van der Waals surface area contributed by atoms with E-state index >= 15 is 0 Å². The van der Waals surface area contributed by atoms with Gasteiger partial charge < -0.3 is 19.9 Å². The number of urea groups is 1. The number of rotatable bonds is 6. The molecular formula is C16H27N3O3. The number of nitrogens with one attached hydrogen (secondary N) is 2. The zero-order chi connectivity index (χ0) is 15.9. The van der Waals surface area contributed by atoms with Gasteiger partial charge in [-0.2, -0.15) is 0 Å². The molecule has 124 valence electrons. The number of ether oxygens (including phenoxy) is 1. The Hall–Kier alpha value is -1.56. The molecule has 2 amide bonds. The molecule has 6 nitrogen and oxygen atoms in total. The number of aromatic nitrogens is 1. The first kappa shape index (κ1) is 16.8. The lowest BCUT2D eigenvalue weighted by molar-refractivity contribution is 0.0103. The third-order valence-electron chi connectivity index (χ3n) is 4.13. The summed E-state index contributed by atoms with van der Waals surface area (Å²) in [7, 11) is 0. The van der Waals surface area contributed by atoms with Crippen molar-refractivity contribution in [2.24, 2.45) is 0 Å². The van der Waals surface area contributed by atoms with E-state index in [2.05, 4.69) is 15.8 Å². The summed E-state index contributed by atoms with van der Waals surface area (Å²) in [5.74, 6) is 0.750. The van der Waals surface area contributed by atoms with Gasteiger partial charge in [0.05, 0.1) is 17.8 Å². The van der Waals surface area contributed by atoms with Crippen molar-refractivity contribution in [1.29, 1.82) is 0 Å². The topological polar surface area (TPSA) is 76.4 Å². The van der Waals surface area contributed by atoms with Crippen LogP contribution in [0.1, 0.15) is 62.1 Å². The van der Waals surface area contributed by atoms with E-state index in [4.69, 9.17) is 9.26 Å². The van der Waals surface area contributed by atoms with Gasteiger partial charge >= 0.3 is 6.03 Å². The predicted molar refractivity (Wildman–Crippen MR) is 83.8 cm³/mol. The van der Waals surface area contributed by atoms with E-state index in [1.807, 2.05) is 20.8 Å². The Morgan fingerprint density at radius 1 is 1.41 bits per heavy atom. The highest BCUT2D eigenvalue weighted by Gasteiger charge is 2.18. The SMILES string of the molecule is Cc1noc(C)c1[C@@H](C)NC(=O)NCCC[C@@H]1CCCCO1. The fourth-order valence-electron chi connectivity index (χ4n) is 2.99. The smallest absolute Gasteiger partial charge is 0.315 e. The van der Waals surface area contributed by atoms with Crippen molar-refractivity contribution in [1.82, 2.24) is 15.8 Å². The molecular weight excluding hydrogens is 282 g/mol. The average Bonchev–Trinajstić information content (AvgIpc) is 2.84. The predicted octanol–water partition coefficient (Wildman–Crippen LogP) is 3.00. The summed E-state index contributed by atoms with van der Waals surface area (Å²) in [6.45, 7) is 7.22. The molecule has 1 saturated heterocycles. The molecule has 1 aromatic heterocycles. The van der Waals surface area contributed by atoms with Gasteiger partial charge in [0.1, 0.15) is 5.76 Å². The van der Waals surface area contributed by atoms with E-state index in [9.17, 15) is 4.79 Å². The quantitative estimate of drug-likeness (QED) is 0.792. The molecule has 0 spiro atoms. The van der Waals surface area contributed by atoms with Gasteiger partial charge in [-0.05, 0) is 52.9 Å². The molecule has 0 bridgehead atoms. The first-order chi connectivity index (χ1) is 10.6. The van der Waals surface area contributed by atoms with Crippen LogP contribution >= 0.6 is 0 Å². The van der Waals surface area contributed by atoms with Crippen LogP contribution in [-0.4, -0.2) is 30.4 Å². The van der Waals surface area contributed by atoms with Crippen molar-refractivity contribution in [3.8, 4) is 0 Å². The third kappa shape index (κ3) is 4.73. The molecule has 2 rings (SSSR count). The van der Waals surface area contributed by atoms with Crippen LogP contribution < -0.4 is 10.6 Å². The fraction of sp³-hybridized carbons (Fsp3) is 0.750. The van der Waals surface area contributed by atoms with Gasteiger partial charge in [0.15, 0.2) is 0 Å². The van der Waals surface area contributed by atoms with Crippen molar-refractivity contribution in [3.63, 3.8) is 0 Å². The van der Waals surface area contributed by atoms with Gasteiger partial charge in [-0.1, -0.05) is 5.16 Å². The molecule has 0 aliphatic carbocycles. The Kier molecular flexibility index (Phi) is 6.24. The molecule has 2 atom stereocenters. The van der Waals surface area contributed by atoms with Crippen LogP contribution in [0, 0.1) is 13.8 Å². The number of hydrogen-bond acceptors (Lipinski definition) is 4. The number of carbonyl (C=O) groups is 1. The van der Waals surface area contributed by atoms with E-state index in [1.165, 1.54) is 12.8 Å². The van der Waals surface area contributed by atoms with Crippen LogP contribution in [0.3, 0.4) is 0 Å². The van der Waals surface area contributed by atoms with Crippen molar-refractivity contribution >= 4 is 6.03 Å². The minimum Gasteiger partial charge on any atom is -0.378 e. The van der Waals surface area contributed by atoms with E-state index in [0.717, 1.165) is 42.9 Å². The highest BCUT2D eigenvalue weighted by molar-refractivity contribution is 5.74. The summed E-state index contributed by atoms with van der Waals surface area (Å²) in [5.41, 5.74) is 1.77. The van der Waals surface area contributed by atoms with E-state index in [1.54, 1.807) is 0 Å². The van der Waals surface area contributed by atoms with Crippen molar-refractivity contribution in [2.45, 2.75) is 65.0 Å². The van der Waals surface area contributed by atoms with Crippen LogP contribution in [-0.2, 0) is 4.74 Å². The second-order valence-electron chi connectivity index (χ2n) is 5.99. The molecule has 0 radical (unpaired) electrons. The molecule has 1 aliphatic rings. The molecule has 22 heavy (non-hydrogen) atoms. The largest absolute Gasteiger partial charge is 0.378 e. The van der Waals surface area contributed by atoms with Gasteiger partial charge in [0.2, 0.25) is 0 Å². The van der Waals surface area contributed by atoms with Crippen LogP contribution in [0.15, 0.2) is 4.52 Å². The van der Waals surface area contributed by atoms with E-state index in [0.29, 0.717) is 12.6 Å². The van der Waals surface area contributed by atoms with E-state index < -0.39 is 0 Å². The number of carbonyl (C=O) groups excluding carboxylic acids is 1. The zero-order valence-electron chi connectivity index (χ0n) is 13.8. The average molecular weight is 309 g/mol. The Bertz CT molecular complexity index is 461. The minimum absolute atomic E-state index is 0.118. The summed E-state index contributed by atoms with van der Waals surface area (Å²) >= 11 is 0. The third-order valence-corrected chi connectivity index (χ3v) is 4.13. The Labute approximate surface area is 132 Å². The summed E-state index contributed by atoms with van der Waals surface area (Å²) in [6.07, 6.45) is 5.91. The van der Waals surface area contributed by atoms with Crippen molar-refractivity contribution in [2.75, 3.05) is 13.2 Å². The molecule has 0 saturated carbocycles. The summed E-state index contributed by atoms with van der Waals surface area (Å²) < 4.78 is 10.8. The maximum Gasteiger partial charge on any atom is 0.315 e. The normalized spacial score (nSPS) is 19.7. The van der Waals surface area contributed by atoms with Gasteiger partial charge in [-0.3, -0.25) is 0 Å². The number of aryl methyl sites for hydroxylation is 2. The molecule has 0 unspecified atom stereocenters. The highest BCUT2D eigenvalue weighted by atomic mass is 16.5. The van der Waals surface area contributed by atoms with Gasteiger partial charge in [0.25, 0.3) is 0 Å². The van der Waals surface area contributed by atoms with Crippen LogP contribution in [0.5, 0.6) is 0 Å². The van der Waals surface area contributed by atoms with Crippen molar-refractivity contribution < 1.29 is 14.1 Å². The monoisotopic (exact) mass is 309 g/mol. The maximum atomic E-state index is 11.9. The van der Waals surface area contributed by atoms with Gasteiger partial charge in [-0.25, -0.2) is 4.79 Å². The van der Waals surface area contributed by atoms with E-state index in [-0.39, 0.29) is 12.1 Å². The lowest BCUT2D eigenvalue weighted by atomic mass is 10.0. The number of hydrogen-bond donors (Lipinski definition) is 2. The number of amides is 2. The van der Waals surface area contributed by atoms with Gasteiger partial charge in [-0.15, -0.1) is 0 Å². The lowest BCUT2D eigenvalue weighted by Crippen LogP contribution is -2.38. The Morgan fingerprint density at radius 3 is 2.86 bits per heavy atom. The highest BCUT2D eigenvalue weighted by Crippen LogP contribution is 2.20. The summed E-state index contributed by atoms with van der Waals surface area (Å²) in [4.78, 5) is 11.9. The Balaban J connectivity index is 1.65. The van der Waals surface area contributed by atoms with Crippen LogP contribution in [0.2, 0.25) is 0 Å². The Morgan fingerprint density at radius 2 is 2.23 bits per heavy atom. The molecule has 2 N–H and O–H groups in total. The second-order valence-corrected chi connectivity index (χ2v) is 5.99. The van der Waals surface area contributed by atoms with Crippen LogP contribution in [0.25, 0.3) is 0 Å². The number of nitrogens with zero attached hydrogens (tertiary/aromatic N) is 1. The maximum absolute atomic E-state index is 11.9. The fourth-order valence-corrected chi connectivity index (χ4v) is 2.99. The first-order valence-electron chi connectivity index (χ1n) is 8.16. The lowest BCUT2D eigenvalue weighted by Gasteiger charge is -2.22. The molecule has 6 heteroatoms. The molecule has 1 aromatic rings. The molecule has 1 aliphatic heterocycles. The van der Waals surface area contributed by atoms with Crippen molar-refractivity contribution in [3.05, 3.63) is 17.0 Å². The van der Waals surface area contributed by atoms with Crippen LogP contribution in [0.4, 0.5) is 4.79 Å². The molecule has 0 aromatic carbocycles. The summed E-state index contributed by atoms with van der Waals surface area (Å²) in [5, 5.41) is 9.73. The van der Waals surface area contributed by atoms with Gasteiger partial charge in [0, 0.05) is 18.7 Å². The molecule has 1 fully saturated rings. The molecule has 2 heterocycles.